The Morgan fingerprint density at radius 3 is 2.23 bits per heavy atom. The molecule has 3 heteroatoms. The lowest BCUT2D eigenvalue weighted by Crippen LogP contribution is -3.14. The molecule has 0 aliphatic carbocycles. The zero-order valence-corrected chi connectivity index (χ0v) is 17.4. The standard InChI is InChI=1S/C27H27NO2/c1-20-9-5-6-12-22(20)26-23-13-7-8-14-25(23)30-27(21-10-3-2-4-11-21)24(26)19-28-15-17-29-18-16-28/h2-14,26H,15-19H2,1H3/p+1/t26-/m1/s1. The van der Waals surface area contributed by atoms with Gasteiger partial charge in [-0.15, -0.1) is 0 Å². The van der Waals surface area contributed by atoms with Crippen molar-refractivity contribution < 1.29 is 14.4 Å². The van der Waals surface area contributed by atoms with Crippen LogP contribution in [-0.4, -0.2) is 32.8 Å². The molecular formula is C27H28NO2+. The average Bonchev–Trinajstić information content (AvgIpc) is 2.80. The Balaban J connectivity index is 1.70. The highest BCUT2D eigenvalue weighted by Gasteiger charge is 2.34. The van der Waals surface area contributed by atoms with Crippen molar-refractivity contribution in [3.8, 4) is 5.75 Å². The van der Waals surface area contributed by atoms with Gasteiger partial charge in [-0.25, -0.2) is 0 Å². The van der Waals surface area contributed by atoms with E-state index in [9.17, 15) is 0 Å². The van der Waals surface area contributed by atoms with Crippen molar-refractivity contribution in [1.82, 2.24) is 0 Å². The molecule has 3 nitrogen and oxygen atoms in total. The molecule has 1 fully saturated rings. The lowest BCUT2D eigenvalue weighted by Gasteiger charge is -2.34. The number of aryl methyl sites for hydroxylation is 1. The summed E-state index contributed by atoms with van der Waals surface area (Å²) < 4.78 is 12.2. The van der Waals surface area contributed by atoms with Crippen LogP contribution >= 0.6 is 0 Å². The molecule has 1 saturated heterocycles. The van der Waals surface area contributed by atoms with E-state index in [-0.39, 0.29) is 5.92 Å². The summed E-state index contributed by atoms with van der Waals surface area (Å²) in [4.78, 5) is 1.56. The number of fused-ring (bicyclic) bond motifs is 1. The minimum absolute atomic E-state index is 0.196. The minimum atomic E-state index is 0.196. The second-order valence-corrected chi connectivity index (χ2v) is 8.19. The summed E-state index contributed by atoms with van der Waals surface area (Å²) in [7, 11) is 0. The number of quaternary nitrogens is 1. The van der Waals surface area contributed by atoms with Gasteiger partial charge in [0.1, 0.15) is 31.1 Å². The highest BCUT2D eigenvalue weighted by atomic mass is 16.5. The van der Waals surface area contributed by atoms with Gasteiger partial charge in [0.15, 0.2) is 0 Å². The molecule has 3 aromatic carbocycles. The summed E-state index contributed by atoms with van der Waals surface area (Å²) >= 11 is 0. The summed E-state index contributed by atoms with van der Waals surface area (Å²) in [6, 6.07) is 27.9. The van der Waals surface area contributed by atoms with E-state index in [0.717, 1.165) is 49.9 Å². The topological polar surface area (TPSA) is 22.9 Å². The van der Waals surface area contributed by atoms with E-state index in [1.165, 1.54) is 22.3 Å². The van der Waals surface area contributed by atoms with Crippen LogP contribution in [0.5, 0.6) is 5.75 Å². The largest absolute Gasteiger partial charge is 0.456 e. The Morgan fingerprint density at radius 2 is 1.47 bits per heavy atom. The van der Waals surface area contributed by atoms with E-state index in [2.05, 4.69) is 85.8 Å². The van der Waals surface area contributed by atoms with Gasteiger partial charge in [0.2, 0.25) is 0 Å². The van der Waals surface area contributed by atoms with Crippen molar-refractivity contribution in [2.75, 3.05) is 32.8 Å². The molecule has 1 atom stereocenters. The van der Waals surface area contributed by atoms with Gasteiger partial charge in [-0.3, -0.25) is 0 Å². The van der Waals surface area contributed by atoms with Crippen molar-refractivity contribution in [3.63, 3.8) is 0 Å². The zero-order valence-electron chi connectivity index (χ0n) is 17.4. The number of ether oxygens (including phenoxy) is 2. The van der Waals surface area contributed by atoms with E-state index in [0.29, 0.717) is 0 Å². The Hall–Kier alpha value is -2.88. The Kier molecular flexibility index (Phi) is 5.39. The van der Waals surface area contributed by atoms with Crippen LogP contribution in [0.25, 0.3) is 5.76 Å². The molecule has 2 aliphatic rings. The van der Waals surface area contributed by atoms with E-state index in [1.807, 2.05) is 0 Å². The number of para-hydroxylation sites is 1. The third-order valence-electron chi connectivity index (χ3n) is 6.26. The van der Waals surface area contributed by atoms with Gasteiger partial charge in [-0.2, -0.15) is 0 Å². The molecule has 0 spiro atoms. The van der Waals surface area contributed by atoms with Crippen LogP contribution in [0.2, 0.25) is 0 Å². The summed E-state index contributed by atoms with van der Waals surface area (Å²) in [6.07, 6.45) is 0. The number of benzene rings is 3. The zero-order chi connectivity index (χ0) is 20.3. The lowest BCUT2D eigenvalue weighted by molar-refractivity contribution is -0.903. The lowest BCUT2D eigenvalue weighted by atomic mass is 9.79. The van der Waals surface area contributed by atoms with Gasteiger partial charge in [-0.1, -0.05) is 72.8 Å². The molecule has 0 unspecified atom stereocenters. The Bertz CT molecular complexity index is 1050. The highest BCUT2D eigenvalue weighted by Crippen LogP contribution is 2.45. The van der Waals surface area contributed by atoms with E-state index < -0.39 is 0 Å². The van der Waals surface area contributed by atoms with Gasteiger partial charge >= 0.3 is 0 Å². The fraction of sp³-hybridized carbons (Fsp3) is 0.259. The van der Waals surface area contributed by atoms with Crippen molar-refractivity contribution >= 4 is 5.76 Å². The van der Waals surface area contributed by atoms with Gasteiger partial charge in [0.25, 0.3) is 0 Å². The maximum absolute atomic E-state index is 6.60. The molecular weight excluding hydrogens is 370 g/mol. The Morgan fingerprint density at radius 1 is 0.800 bits per heavy atom. The Labute approximate surface area is 178 Å². The molecule has 0 aromatic heterocycles. The predicted octanol–water partition coefficient (Wildman–Crippen LogP) is 3.85. The molecule has 0 radical (unpaired) electrons. The molecule has 2 aliphatic heterocycles. The first-order valence-electron chi connectivity index (χ1n) is 10.8. The number of morpholine rings is 1. The van der Waals surface area contributed by atoms with Crippen LogP contribution < -0.4 is 9.64 Å². The minimum Gasteiger partial charge on any atom is -0.456 e. The number of hydrogen-bond donors (Lipinski definition) is 1. The van der Waals surface area contributed by atoms with Crippen LogP contribution in [-0.2, 0) is 4.74 Å². The molecule has 152 valence electrons. The monoisotopic (exact) mass is 398 g/mol. The van der Waals surface area contributed by atoms with Crippen LogP contribution in [0, 0.1) is 6.92 Å². The molecule has 2 heterocycles. The molecule has 0 bridgehead atoms. The van der Waals surface area contributed by atoms with Crippen LogP contribution in [0.1, 0.15) is 28.2 Å². The summed E-state index contributed by atoms with van der Waals surface area (Å²) in [5.41, 5.74) is 6.46. The normalized spacial score (nSPS) is 19.3. The van der Waals surface area contributed by atoms with Crippen molar-refractivity contribution in [3.05, 3.63) is 107 Å². The van der Waals surface area contributed by atoms with E-state index in [1.54, 1.807) is 4.90 Å². The SMILES string of the molecule is Cc1ccccc1[C@H]1C(C[NH+]2CCOCC2)=C(c2ccccc2)Oc2ccccc21. The maximum Gasteiger partial charge on any atom is 0.140 e. The fourth-order valence-electron chi connectivity index (χ4n) is 4.69. The quantitative estimate of drug-likeness (QED) is 0.722. The molecule has 30 heavy (non-hydrogen) atoms. The van der Waals surface area contributed by atoms with Gasteiger partial charge in [0, 0.05) is 22.6 Å². The second kappa shape index (κ2) is 8.47. The van der Waals surface area contributed by atoms with E-state index in [4.69, 9.17) is 9.47 Å². The smallest absolute Gasteiger partial charge is 0.140 e. The third-order valence-corrected chi connectivity index (χ3v) is 6.26. The first kappa shape index (κ1) is 19.1. The third kappa shape index (κ3) is 3.67. The van der Waals surface area contributed by atoms with Crippen molar-refractivity contribution in [1.29, 1.82) is 0 Å². The summed E-state index contributed by atoms with van der Waals surface area (Å²) in [5.74, 6) is 2.17. The van der Waals surface area contributed by atoms with E-state index >= 15 is 0 Å². The second-order valence-electron chi connectivity index (χ2n) is 8.19. The fourth-order valence-corrected chi connectivity index (χ4v) is 4.69. The first-order chi connectivity index (χ1) is 14.8. The molecule has 1 N–H and O–H groups in total. The van der Waals surface area contributed by atoms with Gasteiger partial charge in [-0.05, 0) is 24.1 Å². The predicted molar refractivity (Wildman–Crippen MR) is 120 cm³/mol. The molecule has 0 amide bonds. The number of nitrogens with one attached hydrogen (secondary N) is 1. The summed E-state index contributed by atoms with van der Waals surface area (Å²) in [5, 5.41) is 0. The van der Waals surface area contributed by atoms with Crippen molar-refractivity contribution in [2.24, 2.45) is 0 Å². The van der Waals surface area contributed by atoms with Crippen LogP contribution in [0.4, 0.5) is 0 Å². The van der Waals surface area contributed by atoms with Gasteiger partial charge in [0.05, 0.1) is 13.2 Å². The van der Waals surface area contributed by atoms with Crippen molar-refractivity contribution in [2.45, 2.75) is 12.8 Å². The van der Waals surface area contributed by atoms with Crippen LogP contribution in [0.3, 0.4) is 0 Å². The van der Waals surface area contributed by atoms with Crippen LogP contribution in [0.15, 0.2) is 84.4 Å². The highest BCUT2D eigenvalue weighted by molar-refractivity contribution is 5.72. The molecule has 0 saturated carbocycles. The van der Waals surface area contributed by atoms with Gasteiger partial charge < -0.3 is 14.4 Å². The summed E-state index contributed by atoms with van der Waals surface area (Å²) in [6.45, 7) is 6.91. The maximum atomic E-state index is 6.60. The number of hydrogen-bond acceptors (Lipinski definition) is 2. The number of rotatable bonds is 4. The average molecular weight is 399 g/mol. The molecule has 3 aromatic rings. The molecule has 5 rings (SSSR count). The first-order valence-corrected chi connectivity index (χ1v) is 10.8.